The van der Waals surface area contributed by atoms with E-state index in [0.29, 0.717) is 6.04 Å². The summed E-state index contributed by atoms with van der Waals surface area (Å²) in [5, 5.41) is 4.88. The first-order valence-corrected chi connectivity index (χ1v) is 8.35. The maximum atomic E-state index is 4.59. The Labute approximate surface area is 129 Å². The molecule has 2 nitrogen and oxygen atoms in total. The fourth-order valence-electron chi connectivity index (χ4n) is 2.87. The van der Waals surface area contributed by atoms with E-state index in [4.69, 9.17) is 0 Å². The lowest BCUT2D eigenvalue weighted by Gasteiger charge is -2.19. The molecule has 0 aliphatic carbocycles. The van der Waals surface area contributed by atoms with Crippen LogP contribution < -0.4 is 5.32 Å². The summed E-state index contributed by atoms with van der Waals surface area (Å²) in [4.78, 5) is 4.59. The largest absolute Gasteiger partial charge is 0.310 e. The quantitative estimate of drug-likeness (QED) is 0.677. The van der Waals surface area contributed by atoms with Crippen molar-refractivity contribution in [2.75, 3.05) is 6.54 Å². The molecule has 1 N–H and O–H groups in total. The Kier molecular flexibility index (Phi) is 6.19. The van der Waals surface area contributed by atoms with Crippen molar-refractivity contribution < 1.29 is 0 Å². The van der Waals surface area contributed by atoms with E-state index >= 15 is 0 Å². The molecule has 1 aromatic heterocycles. The molecule has 2 aromatic rings. The highest BCUT2D eigenvalue weighted by atomic mass is 14.9. The molecule has 0 saturated carbocycles. The highest BCUT2D eigenvalue weighted by molar-refractivity contribution is 5.79. The van der Waals surface area contributed by atoms with Gasteiger partial charge in [0.05, 0.1) is 5.52 Å². The molecule has 1 unspecified atom stereocenters. The number of hydrogen-bond donors (Lipinski definition) is 1. The second-order valence-corrected chi connectivity index (χ2v) is 5.86. The molecule has 114 valence electrons. The van der Waals surface area contributed by atoms with Crippen molar-refractivity contribution in [2.24, 2.45) is 0 Å². The molecule has 21 heavy (non-hydrogen) atoms. The maximum absolute atomic E-state index is 4.59. The van der Waals surface area contributed by atoms with E-state index in [-0.39, 0.29) is 0 Å². The van der Waals surface area contributed by atoms with Gasteiger partial charge in [0.15, 0.2) is 0 Å². The second kappa shape index (κ2) is 8.14. The van der Waals surface area contributed by atoms with Crippen molar-refractivity contribution in [3.05, 3.63) is 41.6 Å². The predicted molar refractivity (Wildman–Crippen MR) is 91.7 cm³/mol. The molecule has 0 saturated heterocycles. The first-order chi connectivity index (χ1) is 10.2. The molecule has 0 aliphatic rings. The Morgan fingerprint density at radius 2 is 1.90 bits per heavy atom. The van der Waals surface area contributed by atoms with Crippen LogP contribution in [-0.4, -0.2) is 11.5 Å². The van der Waals surface area contributed by atoms with E-state index in [0.717, 1.165) is 17.8 Å². The number of fused-ring (bicyclic) bond motifs is 1. The highest BCUT2D eigenvalue weighted by Gasteiger charge is 2.10. The number of nitrogens with one attached hydrogen (secondary N) is 1. The predicted octanol–water partition coefficient (Wildman–Crippen LogP) is 5.16. The van der Waals surface area contributed by atoms with Gasteiger partial charge in [-0.15, -0.1) is 0 Å². The molecular weight excluding hydrogens is 256 g/mol. The fraction of sp³-hybridized carbons (Fsp3) is 0.526. The van der Waals surface area contributed by atoms with Crippen molar-refractivity contribution in [1.29, 1.82) is 0 Å². The minimum Gasteiger partial charge on any atom is -0.310 e. The Bertz CT molecular complexity index is 562. The standard InChI is InChI=1S/C19H28N2/c1-4-6-7-8-9-18(20-5-2)16-12-13-19-17(14-16)11-10-15(3)21-19/h10-14,18,20H,4-9H2,1-3H3. The van der Waals surface area contributed by atoms with Gasteiger partial charge in [-0.3, -0.25) is 4.98 Å². The molecule has 0 aliphatic heterocycles. The van der Waals surface area contributed by atoms with Gasteiger partial charge in [0.1, 0.15) is 0 Å². The minimum absolute atomic E-state index is 0.470. The maximum Gasteiger partial charge on any atom is 0.0705 e. The number of hydrogen-bond acceptors (Lipinski definition) is 2. The average Bonchev–Trinajstić information content (AvgIpc) is 2.50. The third-order valence-corrected chi connectivity index (χ3v) is 4.05. The second-order valence-electron chi connectivity index (χ2n) is 5.86. The van der Waals surface area contributed by atoms with Crippen LogP contribution in [0, 0.1) is 6.92 Å². The van der Waals surface area contributed by atoms with Crippen molar-refractivity contribution in [3.63, 3.8) is 0 Å². The van der Waals surface area contributed by atoms with Crippen LogP contribution in [0.3, 0.4) is 0 Å². The molecule has 2 heteroatoms. The smallest absolute Gasteiger partial charge is 0.0705 e. The summed E-state index contributed by atoms with van der Waals surface area (Å²) in [5.74, 6) is 0. The van der Waals surface area contributed by atoms with E-state index < -0.39 is 0 Å². The summed E-state index contributed by atoms with van der Waals surface area (Å²) in [6, 6.07) is 11.4. The number of rotatable bonds is 8. The molecule has 0 radical (unpaired) electrons. The van der Waals surface area contributed by atoms with Crippen LogP contribution in [-0.2, 0) is 0 Å². The van der Waals surface area contributed by atoms with E-state index in [1.54, 1.807) is 0 Å². The number of pyridine rings is 1. The fourth-order valence-corrected chi connectivity index (χ4v) is 2.87. The first kappa shape index (κ1) is 16.0. The molecule has 0 amide bonds. The van der Waals surface area contributed by atoms with Crippen LogP contribution in [0.15, 0.2) is 30.3 Å². The monoisotopic (exact) mass is 284 g/mol. The Morgan fingerprint density at radius 3 is 2.67 bits per heavy atom. The topological polar surface area (TPSA) is 24.9 Å². The van der Waals surface area contributed by atoms with Gasteiger partial charge in [-0.1, -0.05) is 51.7 Å². The third kappa shape index (κ3) is 4.53. The van der Waals surface area contributed by atoms with Gasteiger partial charge in [-0.2, -0.15) is 0 Å². The summed E-state index contributed by atoms with van der Waals surface area (Å²) in [6.07, 6.45) is 6.51. The van der Waals surface area contributed by atoms with Gasteiger partial charge in [0.25, 0.3) is 0 Å². The molecule has 0 bridgehead atoms. The van der Waals surface area contributed by atoms with E-state index in [1.807, 2.05) is 6.92 Å². The van der Waals surface area contributed by atoms with Crippen LogP contribution in [0.2, 0.25) is 0 Å². The zero-order valence-corrected chi connectivity index (χ0v) is 13.7. The van der Waals surface area contributed by atoms with Gasteiger partial charge >= 0.3 is 0 Å². The third-order valence-electron chi connectivity index (χ3n) is 4.05. The normalized spacial score (nSPS) is 12.7. The van der Waals surface area contributed by atoms with Crippen LogP contribution in [0.5, 0.6) is 0 Å². The number of benzene rings is 1. The first-order valence-electron chi connectivity index (χ1n) is 8.35. The van der Waals surface area contributed by atoms with Crippen LogP contribution in [0.1, 0.15) is 63.3 Å². The number of aromatic nitrogens is 1. The average molecular weight is 284 g/mol. The minimum atomic E-state index is 0.470. The van der Waals surface area contributed by atoms with Crippen LogP contribution in [0.25, 0.3) is 10.9 Å². The molecule has 2 rings (SSSR count). The zero-order valence-electron chi connectivity index (χ0n) is 13.7. The molecule has 0 spiro atoms. The summed E-state index contributed by atoms with van der Waals surface area (Å²) < 4.78 is 0. The Morgan fingerprint density at radius 1 is 1.05 bits per heavy atom. The Balaban J connectivity index is 2.13. The molecule has 1 atom stereocenters. The number of unbranched alkanes of at least 4 members (excludes halogenated alkanes) is 3. The van der Waals surface area contributed by atoms with Crippen molar-refractivity contribution >= 4 is 10.9 Å². The van der Waals surface area contributed by atoms with Crippen molar-refractivity contribution in [3.8, 4) is 0 Å². The van der Waals surface area contributed by atoms with Crippen molar-refractivity contribution in [2.45, 2.75) is 58.9 Å². The number of aryl methyl sites for hydroxylation is 1. The SMILES string of the molecule is CCCCCCC(NCC)c1ccc2nc(C)ccc2c1. The lowest BCUT2D eigenvalue weighted by molar-refractivity contribution is 0.482. The zero-order chi connectivity index (χ0) is 15.1. The van der Waals surface area contributed by atoms with Crippen LogP contribution in [0.4, 0.5) is 0 Å². The van der Waals surface area contributed by atoms with Gasteiger partial charge in [-0.25, -0.2) is 0 Å². The highest BCUT2D eigenvalue weighted by Crippen LogP contribution is 2.24. The van der Waals surface area contributed by atoms with Gasteiger partial charge in [0, 0.05) is 17.1 Å². The molecule has 1 aromatic carbocycles. The van der Waals surface area contributed by atoms with Gasteiger partial charge in [-0.05, 0) is 43.7 Å². The van der Waals surface area contributed by atoms with Gasteiger partial charge < -0.3 is 5.32 Å². The van der Waals surface area contributed by atoms with Crippen molar-refractivity contribution in [1.82, 2.24) is 10.3 Å². The summed E-state index contributed by atoms with van der Waals surface area (Å²) in [6.45, 7) is 7.51. The lowest BCUT2D eigenvalue weighted by atomic mass is 9.98. The van der Waals surface area contributed by atoms with E-state index in [1.165, 1.54) is 43.1 Å². The molecule has 1 heterocycles. The molecular formula is C19H28N2. The summed E-state index contributed by atoms with van der Waals surface area (Å²) in [5.41, 5.74) is 3.57. The van der Waals surface area contributed by atoms with E-state index in [2.05, 4.69) is 54.5 Å². The summed E-state index contributed by atoms with van der Waals surface area (Å²) >= 11 is 0. The Hall–Kier alpha value is -1.41. The lowest BCUT2D eigenvalue weighted by Crippen LogP contribution is -2.20. The molecule has 0 fully saturated rings. The number of nitrogens with zero attached hydrogens (tertiary/aromatic N) is 1. The van der Waals surface area contributed by atoms with Crippen LogP contribution >= 0.6 is 0 Å². The summed E-state index contributed by atoms with van der Waals surface area (Å²) in [7, 11) is 0. The van der Waals surface area contributed by atoms with Gasteiger partial charge in [0.2, 0.25) is 0 Å². The van der Waals surface area contributed by atoms with E-state index in [9.17, 15) is 0 Å².